The van der Waals surface area contributed by atoms with E-state index in [0.29, 0.717) is 30.1 Å². The van der Waals surface area contributed by atoms with E-state index < -0.39 is 10.0 Å². The van der Waals surface area contributed by atoms with Crippen LogP contribution in [0.4, 0.5) is 11.4 Å². The minimum Gasteiger partial charge on any atom is -0.326 e. The molecule has 0 aromatic heterocycles. The van der Waals surface area contributed by atoms with E-state index in [4.69, 9.17) is 0 Å². The number of piperidine rings is 1. The third kappa shape index (κ3) is 8.07. The van der Waals surface area contributed by atoms with Crippen LogP contribution in [0.25, 0.3) is 0 Å². The summed E-state index contributed by atoms with van der Waals surface area (Å²) in [5.74, 6) is 0.738. The molecule has 1 aliphatic rings. The van der Waals surface area contributed by atoms with Crippen molar-refractivity contribution in [3.8, 4) is 0 Å². The molecule has 1 fully saturated rings. The van der Waals surface area contributed by atoms with Crippen molar-refractivity contribution in [1.29, 1.82) is 0 Å². The maximum absolute atomic E-state index is 12.0. The fraction of sp³-hybridized carbons (Fsp3) is 0.588. The second kappa shape index (κ2) is 10.6. The third-order valence-corrected chi connectivity index (χ3v) is 5.65. The van der Waals surface area contributed by atoms with Gasteiger partial charge in [0.05, 0.1) is 5.75 Å². The van der Waals surface area contributed by atoms with Gasteiger partial charge in [0.1, 0.15) is 0 Å². The maximum atomic E-state index is 12.0. The molecule has 8 heteroatoms. The van der Waals surface area contributed by atoms with Gasteiger partial charge in [0.15, 0.2) is 0 Å². The predicted molar refractivity (Wildman–Crippen MR) is 105 cm³/mol. The largest absolute Gasteiger partial charge is 0.326 e. The van der Waals surface area contributed by atoms with Gasteiger partial charge in [0.25, 0.3) is 0 Å². The standard InChI is InChI=1S/C17H27N3O3S.ClH/c1-2-13-24(22,23)20-16-6-4-15(5-7-16)19-17(21)8-3-14-9-11-18-12-10-14;/h4-7,14,18,20H,2-3,8-13H2,1H3,(H,19,21);1H. The highest BCUT2D eigenvalue weighted by Gasteiger charge is 2.14. The average molecular weight is 390 g/mol. The highest BCUT2D eigenvalue weighted by Crippen LogP contribution is 2.19. The molecule has 0 saturated carbocycles. The van der Waals surface area contributed by atoms with Crippen LogP contribution in [0, 0.1) is 5.92 Å². The lowest BCUT2D eigenvalue weighted by atomic mass is 9.93. The third-order valence-electron chi connectivity index (χ3n) is 4.15. The maximum Gasteiger partial charge on any atom is 0.232 e. The van der Waals surface area contributed by atoms with Crippen LogP contribution in [0.1, 0.15) is 39.0 Å². The lowest BCUT2D eigenvalue weighted by Gasteiger charge is -2.22. The number of carbonyl (C=O) groups is 1. The van der Waals surface area contributed by atoms with Crippen molar-refractivity contribution in [2.24, 2.45) is 5.92 Å². The van der Waals surface area contributed by atoms with Crippen LogP contribution < -0.4 is 15.4 Å². The van der Waals surface area contributed by atoms with Gasteiger partial charge in [-0.25, -0.2) is 8.42 Å². The van der Waals surface area contributed by atoms with Crippen molar-refractivity contribution in [2.45, 2.75) is 39.0 Å². The van der Waals surface area contributed by atoms with Crippen molar-refractivity contribution < 1.29 is 13.2 Å². The fourth-order valence-electron chi connectivity index (χ4n) is 2.85. The van der Waals surface area contributed by atoms with E-state index >= 15 is 0 Å². The number of carbonyl (C=O) groups excluding carboxylic acids is 1. The first kappa shape index (κ1) is 21.7. The Morgan fingerprint density at radius 1 is 1.16 bits per heavy atom. The molecule has 6 nitrogen and oxygen atoms in total. The lowest BCUT2D eigenvalue weighted by Crippen LogP contribution is -2.28. The molecule has 1 aromatic rings. The molecule has 142 valence electrons. The normalized spacial score (nSPS) is 15.2. The molecule has 25 heavy (non-hydrogen) atoms. The molecule has 0 radical (unpaired) electrons. The molecule has 1 heterocycles. The second-order valence-corrected chi connectivity index (χ2v) is 8.12. The quantitative estimate of drug-likeness (QED) is 0.637. The Kier molecular flexibility index (Phi) is 9.24. The number of anilines is 2. The molecule has 0 unspecified atom stereocenters. The van der Waals surface area contributed by atoms with E-state index in [1.165, 1.54) is 0 Å². The zero-order valence-electron chi connectivity index (χ0n) is 14.6. The highest BCUT2D eigenvalue weighted by molar-refractivity contribution is 7.92. The van der Waals surface area contributed by atoms with Crippen LogP contribution in [-0.4, -0.2) is 33.2 Å². The minimum absolute atomic E-state index is 0. The topological polar surface area (TPSA) is 87.3 Å². The molecular weight excluding hydrogens is 362 g/mol. The van der Waals surface area contributed by atoms with Crippen molar-refractivity contribution in [3.63, 3.8) is 0 Å². The molecule has 1 amide bonds. The monoisotopic (exact) mass is 389 g/mol. The Morgan fingerprint density at radius 2 is 1.76 bits per heavy atom. The predicted octanol–water partition coefficient (Wildman–Crippen LogP) is 2.98. The number of rotatable bonds is 8. The van der Waals surface area contributed by atoms with E-state index in [1.54, 1.807) is 24.3 Å². The van der Waals surface area contributed by atoms with E-state index in [1.807, 2.05) is 6.92 Å². The molecule has 0 spiro atoms. The van der Waals surface area contributed by atoms with E-state index in [9.17, 15) is 13.2 Å². The Hall–Kier alpha value is -1.31. The Bertz CT molecular complexity index is 629. The first-order valence-electron chi connectivity index (χ1n) is 8.59. The Labute approximate surface area is 156 Å². The smallest absolute Gasteiger partial charge is 0.232 e. The average Bonchev–Trinajstić information content (AvgIpc) is 2.55. The van der Waals surface area contributed by atoms with Crippen molar-refractivity contribution in [3.05, 3.63) is 24.3 Å². The molecule has 0 atom stereocenters. The van der Waals surface area contributed by atoms with Gasteiger partial charge in [-0.1, -0.05) is 6.92 Å². The van der Waals surface area contributed by atoms with Gasteiger partial charge in [-0.3, -0.25) is 9.52 Å². The first-order valence-corrected chi connectivity index (χ1v) is 10.2. The summed E-state index contributed by atoms with van der Waals surface area (Å²) in [6, 6.07) is 6.75. The van der Waals surface area contributed by atoms with Gasteiger partial charge in [0.2, 0.25) is 15.9 Å². The number of sulfonamides is 1. The lowest BCUT2D eigenvalue weighted by molar-refractivity contribution is -0.116. The first-order chi connectivity index (χ1) is 11.5. The summed E-state index contributed by atoms with van der Waals surface area (Å²) in [7, 11) is -3.28. The van der Waals surface area contributed by atoms with Crippen LogP contribution in [0.3, 0.4) is 0 Å². The summed E-state index contributed by atoms with van der Waals surface area (Å²) in [6.07, 6.45) is 4.29. The SMILES string of the molecule is CCCS(=O)(=O)Nc1ccc(NC(=O)CCC2CCNCC2)cc1.Cl. The summed E-state index contributed by atoms with van der Waals surface area (Å²) < 4.78 is 25.9. The van der Waals surface area contributed by atoms with Crippen LogP contribution >= 0.6 is 12.4 Å². The van der Waals surface area contributed by atoms with Gasteiger partial charge in [-0.05, 0) is 69.0 Å². The zero-order chi connectivity index (χ0) is 17.4. The Balaban J connectivity index is 0.00000312. The number of nitrogens with one attached hydrogen (secondary N) is 3. The van der Waals surface area contributed by atoms with Gasteiger partial charge in [-0.15, -0.1) is 12.4 Å². The van der Waals surface area contributed by atoms with Crippen LogP contribution in [-0.2, 0) is 14.8 Å². The number of halogens is 1. The van der Waals surface area contributed by atoms with Crippen LogP contribution in [0.15, 0.2) is 24.3 Å². The summed E-state index contributed by atoms with van der Waals surface area (Å²) >= 11 is 0. The highest BCUT2D eigenvalue weighted by atomic mass is 35.5. The van der Waals surface area contributed by atoms with Crippen molar-refractivity contribution in [1.82, 2.24) is 5.32 Å². The number of benzene rings is 1. The van der Waals surface area contributed by atoms with Gasteiger partial charge in [0, 0.05) is 17.8 Å². The number of hydrogen-bond acceptors (Lipinski definition) is 4. The number of amides is 1. The van der Waals surface area contributed by atoms with Crippen molar-refractivity contribution >= 4 is 39.7 Å². The van der Waals surface area contributed by atoms with Gasteiger partial charge >= 0.3 is 0 Å². The molecular formula is C17H28ClN3O3S. The van der Waals surface area contributed by atoms with E-state index in [0.717, 1.165) is 32.4 Å². The van der Waals surface area contributed by atoms with E-state index in [-0.39, 0.29) is 24.1 Å². The number of hydrogen-bond donors (Lipinski definition) is 3. The minimum atomic E-state index is -3.28. The fourth-order valence-corrected chi connectivity index (χ4v) is 3.98. The second-order valence-electron chi connectivity index (χ2n) is 6.28. The molecule has 1 aromatic carbocycles. The summed E-state index contributed by atoms with van der Waals surface area (Å²) in [4.78, 5) is 12.0. The zero-order valence-corrected chi connectivity index (χ0v) is 16.2. The van der Waals surface area contributed by atoms with Crippen molar-refractivity contribution in [2.75, 3.05) is 28.9 Å². The molecule has 3 N–H and O–H groups in total. The molecule has 1 aliphatic heterocycles. The van der Waals surface area contributed by atoms with Gasteiger partial charge < -0.3 is 10.6 Å². The van der Waals surface area contributed by atoms with Crippen LogP contribution in [0.2, 0.25) is 0 Å². The Morgan fingerprint density at radius 3 is 2.36 bits per heavy atom. The molecule has 2 rings (SSSR count). The molecule has 0 bridgehead atoms. The van der Waals surface area contributed by atoms with Gasteiger partial charge in [-0.2, -0.15) is 0 Å². The molecule has 0 aliphatic carbocycles. The summed E-state index contributed by atoms with van der Waals surface area (Å²) in [5, 5.41) is 6.19. The summed E-state index contributed by atoms with van der Waals surface area (Å²) in [5.41, 5.74) is 1.19. The summed E-state index contributed by atoms with van der Waals surface area (Å²) in [6.45, 7) is 3.91. The van der Waals surface area contributed by atoms with E-state index in [2.05, 4.69) is 15.4 Å². The van der Waals surface area contributed by atoms with Crippen LogP contribution in [0.5, 0.6) is 0 Å². The molecule has 1 saturated heterocycles.